The number of dihydropyridines is 1. The van der Waals surface area contributed by atoms with E-state index in [1.54, 1.807) is 39.0 Å². The maximum absolute atomic E-state index is 13.7. The topological polar surface area (TPSA) is 100 Å². The number of hydrogen-bond donors (Lipinski definition) is 1. The molecule has 8 heteroatoms. The van der Waals surface area contributed by atoms with Crippen LogP contribution in [0.2, 0.25) is 0 Å². The SMILES string of the molecule is COC(=O)[C@@H]1C(=O)C2=C(C[C@@H]1C)NC(C)=C(C(=O)OC(C)C)[C@@H]2c1ccc(OC)c(OC)c1. The van der Waals surface area contributed by atoms with E-state index in [-0.39, 0.29) is 17.8 Å². The van der Waals surface area contributed by atoms with E-state index >= 15 is 0 Å². The number of rotatable bonds is 6. The molecule has 0 spiro atoms. The first-order chi connectivity index (χ1) is 15.6. The minimum atomic E-state index is -0.945. The Kier molecular flexibility index (Phi) is 7.15. The van der Waals surface area contributed by atoms with Crippen molar-refractivity contribution in [3.05, 3.63) is 46.3 Å². The Morgan fingerprint density at radius 2 is 1.76 bits per heavy atom. The normalized spacial score (nSPS) is 22.5. The van der Waals surface area contributed by atoms with Crippen LogP contribution in [0.25, 0.3) is 0 Å². The van der Waals surface area contributed by atoms with Gasteiger partial charge in [-0.15, -0.1) is 0 Å². The van der Waals surface area contributed by atoms with Gasteiger partial charge in [0.1, 0.15) is 5.92 Å². The van der Waals surface area contributed by atoms with Crippen LogP contribution in [0.5, 0.6) is 11.5 Å². The lowest BCUT2D eigenvalue weighted by Gasteiger charge is -2.38. The van der Waals surface area contributed by atoms with Crippen molar-refractivity contribution in [1.29, 1.82) is 0 Å². The van der Waals surface area contributed by atoms with Gasteiger partial charge in [0.25, 0.3) is 0 Å². The van der Waals surface area contributed by atoms with Crippen LogP contribution in [0, 0.1) is 11.8 Å². The quantitative estimate of drug-likeness (QED) is 0.513. The second kappa shape index (κ2) is 9.68. The summed E-state index contributed by atoms with van der Waals surface area (Å²) in [7, 11) is 4.32. The zero-order chi connectivity index (χ0) is 24.4. The third-order valence-electron chi connectivity index (χ3n) is 6.05. The van der Waals surface area contributed by atoms with Crippen LogP contribution in [-0.2, 0) is 23.9 Å². The third kappa shape index (κ3) is 4.47. The molecule has 0 radical (unpaired) electrons. The molecular weight excluding hydrogens is 426 g/mol. The number of allylic oxidation sites excluding steroid dienone is 3. The summed E-state index contributed by atoms with van der Waals surface area (Å²) in [6, 6.07) is 5.26. The van der Waals surface area contributed by atoms with Gasteiger partial charge in [0.15, 0.2) is 17.3 Å². The Labute approximate surface area is 193 Å². The molecule has 8 nitrogen and oxygen atoms in total. The van der Waals surface area contributed by atoms with Gasteiger partial charge >= 0.3 is 11.9 Å². The van der Waals surface area contributed by atoms with Crippen LogP contribution in [-0.4, -0.2) is 45.2 Å². The number of ketones is 1. The Balaban J connectivity index is 2.23. The average molecular weight is 458 g/mol. The molecule has 0 aromatic heterocycles. The van der Waals surface area contributed by atoms with E-state index in [1.165, 1.54) is 21.3 Å². The van der Waals surface area contributed by atoms with Crippen molar-refractivity contribution in [2.45, 2.75) is 46.1 Å². The molecule has 0 bridgehead atoms. The predicted molar refractivity (Wildman–Crippen MR) is 121 cm³/mol. The molecule has 0 fully saturated rings. The van der Waals surface area contributed by atoms with E-state index in [1.807, 2.05) is 6.92 Å². The average Bonchev–Trinajstić information content (AvgIpc) is 2.76. The predicted octanol–water partition coefficient (Wildman–Crippen LogP) is 3.27. The summed E-state index contributed by atoms with van der Waals surface area (Å²) in [5.41, 5.74) is 2.66. The standard InChI is InChI=1S/C25H31NO7/c1-12(2)33-25(29)20-14(4)26-16-10-13(3)19(24(28)32-7)23(27)22(16)21(20)15-8-9-17(30-5)18(11-15)31-6/h8-9,11-13,19,21,26H,10H2,1-7H3/t13-,19-,21-/m0/s1. The molecule has 1 aromatic rings. The maximum Gasteiger partial charge on any atom is 0.337 e. The number of carbonyl (C=O) groups is 3. The Morgan fingerprint density at radius 1 is 1.09 bits per heavy atom. The van der Waals surface area contributed by atoms with Crippen molar-refractivity contribution in [2.75, 3.05) is 21.3 Å². The highest BCUT2D eigenvalue weighted by Gasteiger charge is 2.47. The van der Waals surface area contributed by atoms with Crippen LogP contribution >= 0.6 is 0 Å². The molecule has 0 saturated carbocycles. The molecule has 1 N–H and O–H groups in total. The molecule has 1 aliphatic heterocycles. The van der Waals surface area contributed by atoms with E-state index in [9.17, 15) is 14.4 Å². The van der Waals surface area contributed by atoms with Crippen LogP contribution in [0.15, 0.2) is 40.7 Å². The van der Waals surface area contributed by atoms with Crippen LogP contribution in [0.4, 0.5) is 0 Å². The Hall–Kier alpha value is -3.29. The largest absolute Gasteiger partial charge is 0.493 e. The smallest absolute Gasteiger partial charge is 0.337 e. The second-order valence-corrected chi connectivity index (χ2v) is 8.60. The lowest BCUT2D eigenvalue weighted by atomic mass is 9.69. The summed E-state index contributed by atoms with van der Waals surface area (Å²) in [5, 5.41) is 3.24. The monoisotopic (exact) mass is 457 g/mol. The van der Waals surface area contributed by atoms with Crippen molar-refractivity contribution in [3.63, 3.8) is 0 Å². The number of carbonyl (C=O) groups excluding carboxylic acids is 3. The Morgan fingerprint density at radius 3 is 2.33 bits per heavy atom. The summed E-state index contributed by atoms with van der Waals surface area (Å²) in [4.78, 5) is 39.4. The van der Waals surface area contributed by atoms with E-state index in [0.717, 1.165) is 0 Å². The van der Waals surface area contributed by atoms with Crippen molar-refractivity contribution in [1.82, 2.24) is 5.32 Å². The van der Waals surface area contributed by atoms with Gasteiger partial charge in [-0.25, -0.2) is 4.79 Å². The summed E-state index contributed by atoms with van der Waals surface area (Å²) >= 11 is 0. The van der Waals surface area contributed by atoms with Gasteiger partial charge in [0.05, 0.1) is 33.0 Å². The Bertz CT molecular complexity index is 1040. The third-order valence-corrected chi connectivity index (χ3v) is 6.05. The zero-order valence-corrected chi connectivity index (χ0v) is 20.1. The molecule has 178 valence electrons. The number of Topliss-reactive ketones (excluding diaryl/α,β-unsaturated/α-hetero) is 1. The van der Waals surface area contributed by atoms with Crippen molar-refractivity contribution in [2.24, 2.45) is 11.8 Å². The number of benzene rings is 1. The molecule has 3 rings (SSSR count). The highest BCUT2D eigenvalue weighted by Crippen LogP contribution is 2.46. The summed E-state index contributed by atoms with van der Waals surface area (Å²) in [6.07, 6.45) is 0.123. The molecule has 1 heterocycles. The number of ether oxygens (including phenoxy) is 4. The molecule has 0 saturated heterocycles. The second-order valence-electron chi connectivity index (χ2n) is 8.60. The number of methoxy groups -OCH3 is 3. The van der Waals surface area contributed by atoms with Crippen LogP contribution < -0.4 is 14.8 Å². The minimum Gasteiger partial charge on any atom is -0.493 e. The van der Waals surface area contributed by atoms with Gasteiger partial charge in [-0.1, -0.05) is 13.0 Å². The molecular formula is C25H31NO7. The minimum absolute atomic E-state index is 0.251. The first-order valence-corrected chi connectivity index (χ1v) is 10.9. The summed E-state index contributed by atoms with van der Waals surface area (Å²) < 4.78 is 21.3. The maximum atomic E-state index is 13.7. The van der Waals surface area contributed by atoms with E-state index in [0.29, 0.717) is 46.0 Å². The van der Waals surface area contributed by atoms with Crippen molar-refractivity contribution >= 4 is 17.7 Å². The van der Waals surface area contributed by atoms with Gasteiger partial charge in [0.2, 0.25) is 0 Å². The molecule has 33 heavy (non-hydrogen) atoms. The van der Waals surface area contributed by atoms with Gasteiger partial charge in [-0.2, -0.15) is 0 Å². The summed E-state index contributed by atoms with van der Waals surface area (Å²) in [6.45, 7) is 7.16. The molecule has 1 aromatic carbocycles. The van der Waals surface area contributed by atoms with E-state index in [2.05, 4.69) is 5.32 Å². The lowest BCUT2D eigenvalue weighted by Crippen LogP contribution is -2.43. The zero-order valence-electron chi connectivity index (χ0n) is 20.1. The lowest BCUT2D eigenvalue weighted by molar-refractivity contribution is -0.151. The molecule has 1 aliphatic carbocycles. The van der Waals surface area contributed by atoms with Gasteiger partial charge in [0, 0.05) is 22.9 Å². The van der Waals surface area contributed by atoms with Crippen molar-refractivity contribution < 1.29 is 33.3 Å². The molecule has 3 atom stereocenters. The fourth-order valence-corrected chi connectivity index (χ4v) is 4.59. The van der Waals surface area contributed by atoms with E-state index < -0.39 is 23.8 Å². The number of nitrogens with one attached hydrogen (secondary N) is 1. The van der Waals surface area contributed by atoms with Gasteiger partial charge in [-0.05, 0) is 50.8 Å². The van der Waals surface area contributed by atoms with Gasteiger partial charge in [-0.3, -0.25) is 9.59 Å². The number of esters is 2. The molecule has 0 amide bonds. The van der Waals surface area contributed by atoms with E-state index in [4.69, 9.17) is 18.9 Å². The van der Waals surface area contributed by atoms with Crippen molar-refractivity contribution in [3.8, 4) is 11.5 Å². The van der Waals surface area contributed by atoms with Crippen LogP contribution in [0.1, 0.15) is 45.6 Å². The number of hydrogen-bond acceptors (Lipinski definition) is 8. The first-order valence-electron chi connectivity index (χ1n) is 10.9. The molecule has 2 aliphatic rings. The van der Waals surface area contributed by atoms with Gasteiger partial charge < -0.3 is 24.3 Å². The van der Waals surface area contributed by atoms with Crippen LogP contribution in [0.3, 0.4) is 0 Å². The highest BCUT2D eigenvalue weighted by atomic mass is 16.5. The summed E-state index contributed by atoms with van der Waals surface area (Å²) in [5.74, 6) is -2.41. The first kappa shape index (κ1) is 24.4. The fraction of sp³-hybridized carbons (Fsp3) is 0.480. The molecule has 0 unspecified atom stereocenters. The fourth-order valence-electron chi connectivity index (χ4n) is 4.59. The highest BCUT2D eigenvalue weighted by molar-refractivity contribution is 6.12.